The van der Waals surface area contributed by atoms with Gasteiger partial charge in [0.15, 0.2) is 5.17 Å². The molecule has 2 aromatic carbocycles. The highest BCUT2D eigenvalue weighted by molar-refractivity contribution is 8.19. The van der Waals surface area contributed by atoms with Crippen molar-refractivity contribution in [2.24, 2.45) is 4.99 Å². The Hall–Kier alpha value is -2.58. The maximum atomic E-state index is 13.8. The average molecular weight is 482 g/mol. The summed E-state index contributed by atoms with van der Waals surface area (Å²) in [6.45, 7) is 0. The summed E-state index contributed by atoms with van der Waals surface area (Å²) in [5.41, 5.74) is 1.79. The monoisotopic (exact) mass is 481 g/mol. The summed E-state index contributed by atoms with van der Waals surface area (Å²) < 4.78 is 10.9. The van der Waals surface area contributed by atoms with Gasteiger partial charge in [-0.25, -0.2) is 4.99 Å². The van der Waals surface area contributed by atoms with E-state index >= 15 is 0 Å². The van der Waals surface area contributed by atoms with Crippen LogP contribution in [0.2, 0.25) is 0 Å². The van der Waals surface area contributed by atoms with Crippen molar-refractivity contribution in [3.8, 4) is 11.5 Å². The molecule has 8 heteroatoms. The van der Waals surface area contributed by atoms with Crippen LogP contribution >= 0.6 is 23.5 Å². The highest BCUT2D eigenvalue weighted by Gasteiger charge is 2.42. The molecular weight excluding hydrogens is 454 g/mol. The molecule has 0 spiro atoms. The Labute approximate surface area is 203 Å². The molecule has 3 aliphatic rings. The van der Waals surface area contributed by atoms with Gasteiger partial charge < -0.3 is 14.4 Å². The standard InChI is InChI=1S/C25H27N3O3S2/c1-27-19-15-17(30-2)13-14-21(19)32-24(27)22-23(29)28(16-9-5-4-6-10-16)25(33-22)26-18-11-7-8-12-20(18)31-3/h7-8,11-16H,4-6,9-10H2,1-3H3. The predicted octanol–water partition coefficient (Wildman–Crippen LogP) is 6.01. The van der Waals surface area contributed by atoms with Crippen LogP contribution in [0, 0.1) is 0 Å². The zero-order valence-corrected chi connectivity index (χ0v) is 20.7. The maximum Gasteiger partial charge on any atom is 0.269 e. The van der Waals surface area contributed by atoms with E-state index in [-0.39, 0.29) is 11.9 Å². The molecule has 0 aromatic heterocycles. The Morgan fingerprint density at radius 2 is 1.79 bits per heavy atom. The third kappa shape index (κ3) is 4.10. The van der Waals surface area contributed by atoms with Crippen LogP contribution in [0.15, 0.2) is 62.3 Å². The Morgan fingerprint density at radius 1 is 1.00 bits per heavy atom. The van der Waals surface area contributed by atoms with E-state index in [4.69, 9.17) is 14.5 Å². The number of amides is 1. The first-order chi connectivity index (χ1) is 16.1. The molecule has 0 unspecified atom stereocenters. The molecule has 1 amide bonds. The van der Waals surface area contributed by atoms with E-state index in [1.165, 1.54) is 18.2 Å². The van der Waals surface area contributed by atoms with Crippen molar-refractivity contribution in [2.45, 2.75) is 43.0 Å². The number of aliphatic imine (C=N–C) groups is 1. The minimum atomic E-state index is 0.0506. The second-order valence-electron chi connectivity index (χ2n) is 8.26. The Morgan fingerprint density at radius 3 is 2.55 bits per heavy atom. The SMILES string of the molecule is COc1ccc2c(c1)N(C)C(=C1SC(=Nc3ccccc3OC)N(C3CCCCC3)C1=O)S2. The van der Waals surface area contributed by atoms with Gasteiger partial charge in [-0.1, -0.05) is 43.2 Å². The summed E-state index contributed by atoms with van der Waals surface area (Å²) in [7, 11) is 5.32. The molecule has 33 heavy (non-hydrogen) atoms. The average Bonchev–Trinajstić information content (AvgIpc) is 3.35. The zero-order chi connectivity index (χ0) is 22.9. The number of thioether (sulfide) groups is 2. The van der Waals surface area contributed by atoms with Crippen LogP contribution in [-0.2, 0) is 4.79 Å². The molecule has 2 aliphatic heterocycles. The molecule has 5 rings (SSSR count). The highest BCUT2D eigenvalue weighted by Crippen LogP contribution is 2.51. The van der Waals surface area contributed by atoms with E-state index in [1.807, 2.05) is 48.3 Å². The van der Waals surface area contributed by atoms with Crippen molar-refractivity contribution in [1.82, 2.24) is 4.90 Å². The molecule has 0 radical (unpaired) electrons. The second-order valence-corrected chi connectivity index (χ2v) is 10.3. The third-order valence-electron chi connectivity index (χ3n) is 6.29. The first-order valence-corrected chi connectivity index (χ1v) is 12.8. The minimum Gasteiger partial charge on any atom is -0.497 e. The van der Waals surface area contributed by atoms with Crippen LogP contribution in [0.4, 0.5) is 11.4 Å². The Balaban J connectivity index is 1.56. The molecule has 2 heterocycles. The van der Waals surface area contributed by atoms with Crippen LogP contribution in [-0.4, -0.2) is 43.3 Å². The van der Waals surface area contributed by atoms with Gasteiger partial charge in [0.1, 0.15) is 22.1 Å². The Bertz CT molecular complexity index is 1140. The van der Waals surface area contributed by atoms with Gasteiger partial charge >= 0.3 is 0 Å². The van der Waals surface area contributed by atoms with Gasteiger partial charge in [-0.3, -0.25) is 9.69 Å². The van der Waals surface area contributed by atoms with Crippen LogP contribution in [0.25, 0.3) is 0 Å². The number of ether oxygens (including phenoxy) is 2. The van der Waals surface area contributed by atoms with Gasteiger partial charge in [0.2, 0.25) is 0 Å². The molecule has 0 atom stereocenters. The number of methoxy groups -OCH3 is 2. The summed E-state index contributed by atoms with van der Waals surface area (Å²) in [5, 5.41) is 1.68. The lowest BCUT2D eigenvalue weighted by atomic mass is 9.94. The first kappa shape index (κ1) is 22.2. The normalized spacial score (nSPS) is 22.3. The van der Waals surface area contributed by atoms with Crippen LogP contribution in [0.3, 0.4) is 0 Å². The minimum absolute atomic E-state index is 0.0506. The molecule has 1 aliphatic carbocycles. The number of hydrogen-bond acceptors (Lipinski definition) is 7. The molecule has 2 fully saturated rings. The lowest BCUT2D eigenvalue weighted by molar-refractivity contribution is -0.124. The van der Waals surface area contributed by atoms with Crippen molar-refractivity contribution in [3.63, 3.8) is 0 Å². The van der Waals surface area contributed by atoms with E-state index in [2.05, 4.69) is 11.0 Å². The molecule has 172 valence electrons. The van der Waals surface area contributed by atoms with Crippen molar-refractivity contribution < 1.29 is 14.3 Å². The summed E-state index contributed by atoms with van der Waals surface area (Å²) in [6.07, 6.45) is 5.55. The number of anilines is 1. The Kier molecular flexibility index (Phi) is 6.29. The van der Waals surface area contributed by atoms with Crippen molar-refractivity contribution in [1.29, 1.82) is 0 Å². The molecular formula is C25H27N3O3S2. The smallest absolute Gasteiger partial charge is 0.269 e. The lowest BCUT2D eigenvalue weighted by Gasteiger charge is -2.30. The summed E-state index contributed by atoms with van der Waals surface area (Å²) in [6, 6.07) is 13.9. The van der Waals surface area contributed by atoms with E-state index in [1.54, 1.807) is 26.0 Å². The molecule has 1 saturated heterocycles. The fraction of sp³-hybridized carbons (Fsp3) is 0.360. The van der Waals surface area contributed by atoms with E-state index in [0.717, 1.165) is 62.8 Å². The van der Waals surface area contributed by atoms with Gasteiger partial charge in [-0.2, -0.15) is 0 Å². The van der Waals surface area contributed by atoms with Crippen molar-refractivity contribution in [3.05, 3.63) is 52.4 Å². The van der Waals surface area contributed by atoms with Gasteiger partial charge in [0.25, 0.3) is 5.91 Å². The molecule has 2 aromatic rings. The van der Waals surface area contributed by atoms with Crippen LogP contribution in [0.5, 0.6) is 11.5 Å². The fourth-order valence-electron chi connectivity index (χ4n) is 4.53. The third-order valence-corrected chi connectivity index (χ3v) is 8.69. The summed E-state index contributed by atoms with van der Waals surface area (Å²) in [4.78, 5) is 24.7. The number of amidine groups is 1. The van der Waals surface area contributed by atoms with Gasteiger partial charge in [-0.15, -0.1) is 0 Å². The number of carbonyl (C=O) groups is 1. The van der Waals surface area contributed by atoms with Crippen molar-refractivity contribution in [2.75, 3.05) is 26.2 Å². The summed E-state index contributed by atoms with van der Waals surface area (Å²) >= 11 is 3.10. The fourth-order valence-corrected chi connectivity index (χ4v) is 6.91. The largest absolute Gasteiger partial charge is 0.497 e. The van der Waals surface area contributed by atoms with E-state index in [9.17, 15) is 4.79 Å². The molecule has 0 bridgehead atoms. The van der Waals surface area contributed by atoms with Gasteiger partial charge in [0.05, 0.1) is 24.9 Å². The number of fused-ring (bicyclic) bond motifs is 1. The van der Waals surface area contributed by atoms with E-state index < -0.39 is 0 Å². The lowest BCUT2D eigenvalue weighted by Crippen LogP contribution is -2.40. The maximum absolute atomic E-state index is 13.8. The van der Waals surface area contributed by atoms with Gasteiger partial charge in [0, 0.05) is 24.1 Å². The number of para-hydroxylation sites is 2. The number of hydrogen-bond donors (Lipinski definition) is 0. The topological polar surface area (TPSA) is 54.4 Å². The quantitative estimate of drug-likeness (QED) is 0.499. The van der Waals surface area contributed by atoms with Gasteiger partial charge in [-0.05, 0) is 48.9 Å². The first-order valence-electron chi connectivity index (χ1n) is 11.2. The number of benzene rings is 2. The van der Waals surface area contributed by atoms with Crippen molar-refractivity contribution >= 4 is 46.0 Å². The van der Waals surface area contributed by atoms with E-state index in [0.29, 0.717) is 5.75 Å². The van der Waals surface area contributed by atoms with Crippen LogP contribution in [0.1, 0.15) is 32.1 Å². The number of nitrogens with zero attached hydrogens (tertiary/aromatic N) is 3. The number of rotatable bonds is 4. The molecule has 6 nitrogen and oxygen atoms in total. The zero-order valence-electron chi connectivity index (χ0n) is 19.0. The number of carbonyl (C=O) groups excluding carboxylic acids is 1. The summed E-state index contributed by atoms with van der Waals surface area (Å²) in [5.74, 6) is 1.56. The molecule has 1 saturated carbocycles. The molecule has 0 N–H and O–H groups in total. The predicted molar refractivity (Wildman–Crippen MR) is 136 cm³/mol. The second kappa shape index (κ2) is 9.35. The highest BCUT2D eigenvalue weighted by atomic mass is 32.2. The van der Waals surface area contributed by atoms with Crippen LogP contribution < -0.4 is 14.4 Å².